The van der Waals surface area contributed by atoms with E-state index in [1.165, 1.54) is 26.0 Å². The molecule has 0 radical (unpaired) electrons. The van der Waals surface area contributed by atoms with Crippen LogP contribution in [-0.2, 0) is 4.79 Å². The first kappa shape index (κ1) is 21.2. The smallest absolute Gasteiger partial charge is 0.479 e. The number of nitrogens with zero attached hydrogens (tertiary/aromatic N) is 1. The molecule has 0 bridgehead atoms. The maximum absolute atomic E-state index is 12.7. The molecule has 0 aliphatic carbocycles. The number of ether oxygens (including phenoxy) is 2. The number of hydrogen-bond donors (Lipinski definition) is 1. The van der Waals surface area contributed by atoms with Gasteiger partial charge in [0.2, 0.25) is 0 Å². The number of rotatable bonds is 6. The van der Waals surface area contributed by atoms with E-state index in [0.29, 0.717) is 27.8 Å². The van der Waals surface area contributed by atoms with Gasteiger partial charge in [-0.25, -0.2) is 4.79 Å². The first-order valence-corrected chi connectivity index (χ1v) is 8.89. The first-order valence-electron chi connectivity index (χ1n) is 8.89. The lowest BCUT2D eigenvalue weighted by atomic mass is 10.1. The van der Waals surface area contributed by atoms with Crippen LogP contribution in [-0.4, -0.2) is 33.9 Å². The van der Waals surface area contributed by atoms with Crippen molar-refractivity contribution in [2.45, 2.75) is 33.2 Å². The molecule has 1 unspecified atom stereocenters. The molecule has 0 fully saturated rings. The van der Waals surface area contributed by atoms with Crippen molar-refractivity contribution in [3.63, 3.8) is 0 Å². The van der Waals surface area contributed by atoms with E-state index in [2.05, 4.69) is 4.74 Å². The van der Waals surface area contributed by atoms with Gasteiger partial charge in [0.05, 0.1) is 5.52 Å². The number of carbonyl (C=O) groups is 2. The fourth-order valence-corrected chi connectivity index (χ4v) is 3.32. The molecule has 0 amide bonds. The van der Waals surface area contributed by atoms with Crippen molar-refractivity contribution < 1.29 is 37.3 Å². The number of aliphatic carboxylic acids is 1. The Bertz CT molecular complexity index is 1130. The first-order chi connectivity index (χ1) is 14.0. The van der Waals surface area contributed by atoms with Crippen LogP contribution in [0, 0.1) is 6.92 Å². The Morgan fingerprint density at radius 2 is 1.80 bits per heavy atom. The Labute approximate surface area is 169 Å². The van der Waals surface area contributed by atoms with Gasteiger partial charge in [-0.05, 0) is 45.0 Å². The summed E-state index contributed by atoms with van der Waals surface area (Å²) >= 11 is 0. The second-order valence-corrected chi connectivity index (χ2v) is 6.67. The van der Waals surface area contributed by atoms with Crippen molar-refractivity contribution in [2.75, 3.05) is 0 Å². The Morgan fingerprint density at radius 3 is 2.40 bits per heavy atom. The Balaban J connectivity index is 2.19. The van der Waals surface area contributed by atoms with Crippen LogP contribution in [0.2, 0.25) is 0 Å². The topological polar surface area (TPSA) is 77.8 Å². The van der Waals surface area contributed by atoms with E-state index in [9.17, 15) is 22.8 Å². The standard InChI is InChI=1S/C21H18F3NO5/c1-11-19(12(2)26)17-8-7-16(30-21(22,23)24)10-18(17)25(11)14-5-4-6-15(9-14)29-13(3)20(27)28/h4-10,13H,1-3H3,(H,27,28). The van der Waals surface area contributed by atoms with E-state index in [1.54, 1.807) is 35.8 Å². The second kappa shape index (κ2) is 7.74. The van der Waals surface area contributed by atoms with Crippen LogP contribution in [0.15, 0.2) is 42.5 Å². The van der Waals surface area contributed by atoms with E-state index < -0.39 is 24.2 Å². The van der Waals surface area contributed by atoms with Gasteiger partial charge < -0.3 is 19.1 Å². The average molecular weight is 421 g/mol. The Kier molecular flexibility index (Phi) is 5.47. The van der Waals surface area contributed by atoms with Gasteiger partial charge in [0.1, 0.15) is 11.5 Å². The molecule has 0 aliphatic rings. The van der Waals surface area contributed by atoms with Crippen LogP contribution in [0.25, 0.3) is 16.6 Å². The number of fused-ring (bicyclic) bond motifs is 1. The zero-order valence-electron chi connectivity index (χ0n) is 16.3. The van der Waals surface area contributed by atoms with E-state index in [-0.39, 0.29) is 11.5 Å². The normalized spacial score (nSPS) is 12.6. The summed E-state index contributed by atoms with van der Waals surface area (Å²) in [6.07, 6.45) is -5.95. The largest absolute Gasteiger partial charge is 0.573 e. The lowest BCUT2D eigenvalue weighted by Crippen LogP contribution is -2.22. The van der Waals surface area contributed by atoms with Crippen molar-refractivity contribution in [1.29, 1.82) is 0 Å². The molecule has 2 aromatic carbocycles. The third-order valence-electron chi connectivity index (χ3n) is 4.50. The summed E-state index contributed by atoms with van der Waals surface area (Å²) in [5.41, 5.74) is 1.71. The zero-order chi connectivity index (χ0) is 22.2. The molecular weight excluding hydrogens is 403 g/mol. The number of aromatic nitrogens is 1. The molecule has 3 rings (SSSR count). The highest BCUT2D eigenvalue weighted by molar-refractivity contribution is 6.09. The number of halogens is 3. The van der Waals surface area contributed by atoms with Gasteiger partial charge in [-0.3, -0.25) is 4.79 Å². The molecule has 3 aromatic rings. The molecule has 0 saturated heterocycles. The van der Waals surface area contributed by atoms with Crippen molar-refractivity contribution in [3.8, 4) is 17.2 Å². The van der Waals surface area contributed by atoms with Gasteiger partial charge in [0.25, 0.3) is 0 Å². The summed E-state index contributed by atoms with van der Waals surface area (Å²) < 4.78 is 49.0. The molecule has 9 heteroatoms. The maximum Gasteiger partial charge on any atom is 0.573 e. The van der Waals surface area contributed by atoms with Gasteiger partial charge in [0, 0.05) is 34.5 Å². The minimum Gasteiger partial charge on any atom is -0.479 e. The van der Waals surface area contributed by atoms with E-state index >= 15 is 0 Å². The number of ketones is 1. The maximum atomic E-state index is 12.7. The highest BCUT2D eigenvalue weighted by atomic mass is 19.4. The van der Waals surface area contributed by atoms with Crippen LogP contribution >= 0.6 is 0 Å². The van der Waals surface area contributed by atoms with Crippen molar-refractivity contribution in [3.05, 3.63) is 53.7 Å². The summed E-state index contributed by atoms with van der Waals surface area (Å²) in [5.74, 6) is -1.55. The predicted molar refractivity (Wildman–Crippen MR) is 102 cm³/mol. The second-order valence-electron chi connectivity index (χ2n) is 6.67. The molecule has 1 N–H and O–H groups in total. The molecule has 6 nitrogen and oxygen atoms in total. The van der Waals surface area contributed by atoms with Crippen molar-refractivity contribution in [2.24, 2.45) is 0 Å². The average Bonchev–Trinajstić information content (AvgIpc) is 2.91. The Hall–Kier alpha value is -3.49. The fourth-order valence-electron chi connectivity index (χ4n) is 3.32. The highest BCUT2D eigenvalue weighted by Crippen LogP contribution is 2.34. The lowest BCUT2D eigenvalue weighted by Gasteiger charge is -2.14. The number of carboxylic acid groups (broad SMARTS) is 1. The molecule has 30 heavy (non-hydrogen) atoms. The van der Waals surface area contributed by atoms with Crippen LogP contribution in [0.1, 0.15) is 29.9 Å². The highest BCUT2D eigenvalue weighted by Gasteiger charge is 2.31. The summed E-state index contributed by atoms with van der Waals surface area (Å²) in [4.78, 5) is 23.3. The third kappa shape index (κ3) is 4.24. The van der Waals surface area contributed by atoms with Gasteiger partial charge in [-0.15, -0.1) is 13.2 Å². The molecule has 0 spiro atoms. The lowest BCUT2D eigenvalue weighted by molar-refractivity contribution is -0.274. The summed E-state index contributed by atoms with van der Waals surface area (Å²) in [6, 6.07) is 10.2. The number of carboxylic acids is 1. The van der Waals surface area contributed by atoms with E-state index in [0.717, 1.165) is 6.07 Å². The summed E-state index contributed by atoms with van der Waals surface area (Å²) in [5, 5.41) is 9.50. The van der Waals surface area contributed by atoms with Crippen LogP contribution in [0.5, 0.6) is 11.5 Å². The van der Waals surface area contributed by atoms with Crippen LogP contribution < -0.4 is 9.47 Å². The SMILES string of the molecule is CC(=O)c1c(C)n(-c2cccc(OC(C)C(=O)O)c2)c2cc(OC(F)(F)F)ccc12. The molecule has 1 heterocycles. The molecule has 0 saturated carbocycles. The molecular formula is C21H18F3NO5. The van der Waals surface area contributed by atoms with Crippen LogP contribution in [0.3, 0.4) is 0 Å². The number of alkyl halides is 3. The van der Waals surface area contributed by atoms with E-state index in [1.807, 2.05) is 0 Å². The summed E-state index contributed by atoms with van der Waals surface area (Å²) in [7, 11) is 0. The fraction of sp³-hybridized carbons (Fsp3) is 0.238. The van der Waals surface area contributed by atoms with Crippen LogP contribution in [0.4, 0.5) is 13.2 Å². The van der Waals surface area contributed by atoms with Gasteiger partial charge >= 0.3 is 12.3 Å². The number of hydrogen-bond acceptors (Lipinski definition) is 4. The number of carbonyl (C=O) groups excluding carboxylic acids is 1. The molecule has 1 aromatic heterocycles. The molecule has 1 atom stereocenters. The van der Waals surface area contributed by atoms with E-state index in [4.69, 9.17) is 9.84 Å². The van der Waals surface area contributed by atoms with Crippen molar-refractivity contribution in [1.82, 2.24) is 4.57 Å². The minimum atomic E-state index is -4.86. The predicted octanol–water partition coefficient (Wildman–Crippen LogP) is 4.89. The van der Waals surface area contributed by atoms with Gasteiger partial charge in [-0.2, -0.15) is 0 Å². The monoisotopic (exact) mass is 421 g/mol. The Morgan fingerprint density at radius 1 is 1.10 bits per heavy atom. The minimum absolute atomic E-state index is 0.243. The number of benzene rings is 2. The number of Topliss-reactive ketones (excluding diaryl/α,β-unsaturated/α-hetero) is 1. The molecule has 158 valence electrons. The quantitative estimate of drug-likeness (QED) is 0.574. The third-order valence-corrected chi connectivity index (χ3v) is 4.50. The van der Waals surface area contributed by atoms with Gasteiger partial charge in [0.15, 0.2) is 11.9 Å². The van der Waals surface area contributed by atoms with Gasteiger partial charge in [-0.1, -0.05) is 6.07 Å². The summed E-state index contributed by atoms with van der Waals surface area (Å²) in [6.45, 7) is 4.43. The molecule has 0 aliphatic heterocycles. The zero-order valence-corrected chi connectivity index (χ0v) is 16.3. The van der Waals surface area contributed by atoms with Crippen molar-refractivity contribution >= 4 is 22.7 Å².